The number of aliphatic carboxylic acids is 1. The molecule has 0 saturated heterocycles. The Morgan fingerprint density at radius 1 is 1.06 bits per heavy atom. The molecule has 0 spiro atoms. The molecule has 1 fully saturated rings. The maximum atomic E-state index is 13.2. The van der Waals surface area contributed by atoms with Gasteiger partial charge in [0.2, 0.25) is 5.91 Å². The van der Waals surface area contributed by atoms with Crippen molar-refractivity contribution in [3.63, 3.8) is 0 Å². The molecular weight excluding hydrogens is 444 g/mol. The van der Waals surface area contributed by atoms with E-state index in [2.05, 4.69) is 34.9 Å². The van der Waals surface area contributed by atoms with Gasteiger partial charge in [0.25, 0.3) is 0 Å². The number of carboxylic acids is 1. The zero-order chi connectivity index (χ0) is 25.0. The largest absolute Gasteiger partial charge is 0.481 e. The van der Waals surface area contributed by atoms with E-state index in [-0.39, 0.29) is 30.9 Å². The van der Waals surface area contributed by atoms with Crippen LogP contribution in [0.1, 0.15) is 69.4 Å². The van der Waals surface area contributed by atoms with Crippen molar-refractivity contribution in [2.75, 3.05) is 6.61 Å². The van der Waals surface area contributed by atoms with Crippen molar-refractivity contribution in [1.29, 1.82) is 0 Å². The molecule has 2 amide bonds. The summed E-state index contributed by atoms with van der Waals surface area (Å²) in [6, 6.07) is 15.5. The molecule has 35 heavy (non-hydrogen) atoms. The summed E-state index contributed by atoms with van der Waals surface area (Å²) in [5.74, 6) is -1.19. The van der Waals surface area contributed by atoms with E-state index < -0.39 is 23.5 Å². The van der Waals surface area contributed by atoms with Crippen molar-refractivity contribution in [3.8, 4) is 11.1 Å². The lowest BCUT2D eigenvalue weighted by Gasteiger charge is -2.40. The van der Waals surface area contributed by atoms with Gasteiger partial charge in [0.15, 0.2) is 0 Å². The van der Waals surface area contributed by atoms with E-state index in [1.807, 2.05) is 38.1 Å². The molecule has 7 nitrogen and oxygen atoms in total. The fourth-order valence-corrected chi connectivity index (χ4v) is 5.48. The van der Waals surface area contributed by atoms with Gasteiger partial charge in [0.05, 0.1) is 11.8 Å². The number of hydrogen-bond donors (Lipinski definition) is 3. The first kappa shape index (κ1) is 24.8. The summed E-state index contributed by atoms with van der Waals surface area (Å²) in [4.78, 5) is 37.2. The van der Waals surface area contributed by atoms with Crippen LogP contribution in [0.3, 0.4) is 0 Å². The van der Waals surface area contributed by atoms with Crippen LogP contribution in [0, 0.1) is 5.41 Å². The number of nitrogens with one attached hydrogen (secondary N) is 2. The second kappa shape index (κ2) is 10.5. The predicted molar refractivity (Wildman–Crippen MR) is 133 cm³/mol. The Bertz CT molecular complexity index is 1050. The van der Waals surface area contributed by atoms with Crippen LogP contribution in [0.5, 0.6) is 0 Å². The molecule has 0 aromatic heterocycles. The van der Waals surface area contributed by atoms with Crippen molar-refractivity contribution in [2.45, 2.75) is 70.4 Å². The van der Waals surface area contributed by atoms with Gasteiger partial charge in [-0.25, -0.2) is 4.79 Å². The quantitative estimate of drug-likeness (QED) is 0.503. The topological polar surface area (TPSA) is 105 Å². The third-order valence-electron chi connectivity index (χ3n) is 7.61. The highest BCUT2D eigenvalue weighted by atomic mass is 16.5. The van der Waals surface area contributed by atoms with Crippen molar-refractivity contribution in [2.24, 2.45) is 5.41 Å². The van der Waals surface area contributed by atoms with Crippen LogP contribution in [-0.2, 0) is 14.3 Å². The highest BCUT2D eigenvalue weighted by Crippen LogP contribution is 2.44. The average Bonchev–Trinajstić information content (AvgIpc) is 3.17. The lowest BCUT2D eigenvalue weighted by Crippen LogP contribution is -2.57. The fraction of sp³-hybridized carbons (Fsp3) is 0.464. The first-order valence-electron chi connectivity index (χ1n) is 12.5. The summed E-state index contributed by atoms with van der Waals surface area (Å²) in [6.07, 6.45) is 2.95. The second-order valence-corrected chi connectivity index (χ2v) is 9.86. The van der Waals surface area contributed by atoms with Gasteiger partial charge in [-0.15, -0.1) is 0 Å². The lowest BCUT2D eigenvalue weighted by atomic mass is 9.71. The van der Waals surface area contributed by atoms with E-state index >= 15 is 0 Å². The van der Waals surface area contributed by atoms with E-state index in [9.17, 15) is 14.4 Å². The van der Waals surface area contributed by atoms with Crippen molar-refractivity contribution < 1.29 is 24.2 Å². The average molecular weight is 479 g/mol. The molecule has 0 heterocycles. The molecule has 2 aromatic carbocycles. The van der Waals surface area contributed by atoms with Crippen LogP contribution in [0.25, 0.3) is 11.1 Å². The molecular formula is C28H34N2O5. The number of benzene rings is 2. The van der Waals surface area contributed by atoms with Crippen LogP contribution in [0.2, 0.25) is 0 Å². The fourth-order valence-electron chi connectivity index (χ4n) is 5.48. The maximum absolute atomic E-state index is 13.2. The molecule has 0 aliphatic heterocycles. The normalized spacial score (nSPS) is 21.9. The molecule has 3 atom stereocenters. The smallest absolute Gasteiger partial charge is 0.407 e. The highest BCUT2D eigenvalue weighted by molar-refractivity contribution is 5.85. The minimum Gasteiger partial charge on any atom is -0.481 e. The Morgan fingerprint density at radius 2 is 1.69 bits per heavy atom. The number of amides is 2. The number of rotatable bonds is 8. The SMILES string of the molecule is CC[C@@H](CC(=O)O)NC(=O)C1(C)CCCCC1NC(=O)OCC1c2ccccc2-c2ccccc21. The molecule has 186 valence electrons. The summed E-state index contributed by atoms with van der Waals surface area (Å²) >= 11 is 0. The van der Waals surface area contributed by atoms with E-state index in [1.54, 1.807) is 0 Å². The van der Waals surface area contributed by atoms with Crippen molar-refractivity contribution in [3.05, 3.63) is 59.7 Å². The molecule has 1 saturated carbocycles. The summed E-state index contributed by atoms with van der Waals surface area (Å²) in [6.45, 7) is 3.92. The predicted octanol–water partition coefficient (Wildman–Crippen LogP) is 4.84. The van der Waals surface area contributed by atoms with Crippen LogP contribution in [-0.4, -0.2) is 41.8 Å². The van der Waals surface area contributed by atoms with Gasteiger partial charge < -0.3 is 20.5 Å². The van der Waals surface area contributed by atoms with Crippen LogP contribution < -0.4 is 10.6 Å². The Labute approximate surface area is 206 Å². The van der Waals surface area contributed by atoms with E-state index in [4.69, 9.17) is 9.84 Å². The first-order valence-corrected chi connectivity index (χ1v) is 12.5. The maximum Gasteiger partial charge on any atom is 0.407 e. The summed E-state index contributed by atoms with van der Waals surface area (Å²) in [5.41, 5.74) is 3.80. The van der Waals surface area contributed by atoms with Crippen molar-refractivity contribution in [1.82, 2.24) is 10.6 Å². The second-order valence-electron chi connectivity index (χ2n) is 9.86. The van der Waals surface area contributed by atoms with Gasteiger partial charge in [0, 0.05) is 18.0 Å². The summed E-state index contributed by atoms with van der Waals surface area (Å²) in [7, 11) is 0. The number of hydrogen-bond acceptors (Lipinski definition) is 4. The zero-order valence-corrected chi connectivity index (χ0v) is 20.4. The molecule has 2 aliphatic carbocycles. The van der Waals surface area contributed by atoms with Crippen LogP contribution in [0.4, 0.5) is 4.79 Å². The van der Waals surface area contributed by atoms with Gasteiger partial charge in [-0.1, -0.05) is 68.3 Å². The molecule has 2 aromatic rings. The molecule has 4 rings (SSSR count). The van der Waals surface area contributed by atoms with Crippen molar-refractivity contribution >= 4 is 18.0 Å². The Kier molecular flexibility index (Phi) is 7.43. The lowest BCUT2D eigenvalue weighted by molar-refractivity contribution is -0.138. The molecule has 0 radical (unpaired) electrons. The number of alkyl carbamates (subject to hydrolysis) is 1. The summed E-state index contributed by atoms with van der Waals surface area (Å²) < 4.78 is 5.71. The zero-order valence-electron chi connectivity index (χ0n) is 20.4. The molecule has 2 unspecified atom stereocenters. The summed E-state index contributed by atoms with van der Waals surface area (Å²) in [5, 5.41) is 15.0. The molecule has 0 bridgehead atoms. The monoisotopic (exact) mass is 478 g/mol. The van der Waals surface area contributed by atoms with E-state index in [1.165, 1.54) is 11.1 Å². The Morgan fingerprint density at radius 3 is 2.29 bits per heavy atom. The molecule has 7 heteroatoms. The van der Waals surface area contributed by atoms with Gasteiger partial charge in [0.1, 0.15) is 6.61 Å². The molecule has 2 aliphatic rings. The molecule has 3 N–H and O–H groups in total. The Hall–Kier alpha value is -3.35. The highest BCUT2D eigenvalue weighted by Gasteiger charge is 2.44. The standard InChI is InChI=1S/C28H34N2O5/c1-3-18(16-25(31)32)29-26(33)28(2)15-9-8-14-24(28)30-27(34)35-17-23-21-12-6-4-10-19(21)20-11-5-7-13-22(20)23/h4-7,10-13,18,23-24H,3,8-9,14-17H2,1-2H3,(H,29,33)(H,30,34)(H,31,32)/t18-,24?,28?/m0/s1. The van der Waals surface area contributed by atoms with Gasteiger partial charge in [-0.2, -0.15) is 0 Å². The third kappa shape index (κ3) is 5.19. The van der Waals surface area contributed by atoms with Crippen LogP contribution in [0.15, 0.2) is 48.5 Å². The number of carbonyl (C=O) groups is 3. The van der Waals surface area contributed by atoms with Gasteiger partial charge >= 0.3 is 12.1 Å². The van der Waals surface area contributed by atoms with E-state index in [0.717, 1.165) is 24.0 Å². The van der Waals surface area contributed by atoms with E-state index in [0.29, 0.717) is 19.3 Å². The first-order chi connectivity index (χ1) is 16.8. The number of ether oxygens (including phenoxy) is 1. The number of fused-ring (bicyclic) bond motifs is 3. The van der Waals surface area contributed by atoms with Gasteiger partial charge in [-0.3, -0.25) is 9.59 Å². The van der Waals surface area contributed by atoms with Crippen LogP contribution >= 0.6 is 0 Å². The minimum absolute atomic E-state index is 0.0319. The van der Waals surface area contributed by atoms with Gasteiger partial charge in [-0.05, 0) is 48.4 Å². The Balaban J connectivity index is 1.41. The number of carbonyl (C=O) groups excluding carboxylic acids is 2. The third-order valence-corrected chi connectivity index (χ3v) is 7.61. The minimum atomic E-state index is -0.945. The number of carboxylic acid groups (broad SMARTS) is 1.